The van der Waals surface area contributed by atoms with Gasteiger partial charge in [-0.25, -0.2) is 0 Å². The van der Waals surface area contributed by atoms with Crippen LogP contribution in [-0.2, 0) is 0 Å². The average molecular weight is 327 g/mol. The molecular weight excluding hydrogens is 310 g/mol. The second kappa shape index (κ2) is 8.33. The highest BCUT2D eigenvalue weighted by molar-refractivity contribution is 6.64. The van der Waals surface area contributed by atoms with Crippen molar-refractivity contribution in [2.75, 3.05) is 19.6 Å². The predicted molar refractivity (Wildman–Crippen MR) is 91.7 cm³/mol. The Morgan fingerprint density at radius 3 is 2.04 bits per heavy atom. The number of hydrazone groups is 1. The Balaban J connectivity index is 2.18. The Morgan fingerprint density at radius 1 is 1.00 bits per heavy atom. The van der Waals surface area contributed by atoms with E-state index in [0.717, 1.165) is 6.21 Å². The third kappa shape index (κ3) is 4.33. The first-order chi connectivity index (χ1) is 11.7. The summed E-state index contributed by atoms with van der Waals surface area (Å²) in [4.78, 5) is 12.4. The van der Waals surface area contributed by atoms with Crippen LogP contribution in [0.3, 0.4) is 0 Å². The maximum Gasteiger partial charge on any atom is 0.214 e. The van der Waals surface area contributed by atoms with Gasteiger partial charge in [0.2, 0.25) is 5.78 Å². The summed E-state index contributed by atoms with van der Waals surface area (Å²) < 4.78 is 10.1. The summed E-state index contributed by atoms with van der Waals surface area (Å²) in [5.74, 6) is 0.949. The molecule has 0 aromatic heterocycles. The monoisotopic (exact) mass is 327 g/mol. The minimum absolute atomic E-state index is 0.0431. The van der Waals surface area contributed by atoms with E-state index < -0.39 is 5.78 Å². The molecule has 2 aromatic rings. The highest BCUT2D eigenvalue weighted by Gasteiger charge is 2.13. The van der Waals surface area contributed by atoms with Crippen LogP contribution < -0.4 is 14.9 Å². The first-order valence-corrected chi connectivity index (χ1v) is 7.02. The summed E-state index contributed by atoms with van der Waals surface area (Å²) >= 11 is 0. The van der Waals surface area contributed by atoms with Gasteiger partial charge in [-0.1, -0.05) is 5.16 Å². The molecule has 7 nitrogen and oxygen atoms in total. The number of hydrogen-bond donors (Lipinski definition) is 2. The fraction of sp³-hybridized carbons (Fsp3) is 0.118. The molecule has 0 fully saturated rings. The number of Topliss-reactive ketones (excluding diaryl/α,β-unsaturated/α-hetero) is 1. The lowest BCUT2D eigenvalue weighted by atomic mass is 10.1. The lowest BCUT2D eigenvalue weighted by Gasteiger charge is -2.05. The van der Waals surface area contributed by atoms with Gasteiger partial charge in [-0.2, -0.15) is 5.10 Å². The van der Waals surface area contributed by atoms with Gasteiger partial charge in [-0.3, -0.25) is 10.2 Å². The fourth-order valence-corrected chi connectivity index (χ4v) is 1.87. The van der Waals surface area contributed by atoms with Crippen LogP contribution in [0.1, 0.15) is 10.4 Å². The molecule has 7 heteroatoms. The van der Waals surface area contributed by atoms with Crippen molar-refractivity contribution in [2.45, 2.75) is 0 Å². The summed E-state index contributed by atoms with van der Waals surface area (Å²) in [7, 11) is 3.12. The highest BCUT2D eigenvalue weighted by atomic mass is 16.5. The van der Waals surface area contributed by atoms with E-state index in [0.29, 0.717) is 22.7 Å². The zero-order valence-electron chi connectivity index (χ0n) is 13.3. The van der Waals surface area contributed by atoms with Gasteiger partial charge in [0.15, 0.2) is 5.71 Å². The van der Waals surface area contributed by atoms with Crippen LogP contribution in [0, 0.1) is 0 Å². The van der Waals surface area contributed by atoms with Crippen molar-refractivity contribution in [2.24, 2.45) is 10.3 Å². The Bertz CT molecular complexity index is 737. The Hall–Kier alpha value is -3.35. The molecule has 0 saturated heterocycles. The molecule has 2 aromatic carbocycles. The van der Waals surface area contributed by atoms with E-state index in [2.05, 4.69) is 15.7 Å². The lowest BCUT2D eigenvalue weighted by Crippen LogP contribution is -2.17. The van der Waals surface area contributed by atoms with Crippen LogP contribution in [0.15, 0.2) is 58.8 Å². The number of anilines is 1. The van der Waals surface area contributed by atoms with Crippen LogP contribution in [0.2, 0.25) is 0 Å². The van der Waals surface area contributed by atoms with Gasteiger partial charge in [-0.15, -0.1) is 0 Å². The highest BCUT2D eigenvalue weighted by Crippen LogP contribution is 2.15. The van der Waals surface area contributed by atoms with E-state index in [-0.39, 0.29) is 5.71 Å². The van der Waals surface area contributed by atoms with Gasteiger partial charge >= 0.3 is 0 Å². The molecule has 0 aliphatic heterocycles. The van der Waals surface area contributed by atoms with Crippen molar-refractivity contribution < 1.29 is 19.5 Å². The Labute approximate surface area is 139 Å². The fourth-order valence-electron chi connectivity index (χ4n) is 1.87. The third-order valence-electron chi connectivity index (χ3n) is 3.16. The second-order valence-corrected chi connectivity index (χ2v) is 4.64. The average Bonchev–Trinajstić information content (AvgIpc) is 2.65. The van der Waals surface area contributed by atoms with Crippen molar-refractivity contribution >= 4 is 23.4 Å². The molecule has 0 atom stereocenters. The van der Waals surface area contributed by atoms with Gasteiger partial charge in [0.1, 0.15) is 11.5 Å². The largest absolute Gasteiger partial charge is 0.497 e. The van der Waals surface area contributed by atoms with Crippen LogP contribution in [0.25, 0.3) is 0 Å². The normalized spacial score (nSPS) is 11.3. The van der Waals surface area contributed by atoms with Crippen LogP contribution >= 0.6 is 0 Å². The SMILES string of the molecule is COc1ccc(N/N=C(/C=N\O)C(=O)c2ccc(OC)cc2)cc1. The number of methoxy groups -OCH3 is 2. The number of nitrogens with zero attached hydrogens (tertiary/aromatic N) is 2. The standard InChI is InChI=1S/C17H17N3O4/c1-23-14-7-3-12(4-8-14)17(21)16(11-18-22)20-19-13-5-9-15(24-2)10-6-13/h3-11,19,22H,1-2H3/b18-11-,20-16-. The number of ether oxygens (including phenoxy) is 2. The predicted octanol–water partition coefficient (Wildman–Crippen LogP) is 2.81. The van der Waals surface area contributed by atoms with Crippen LogP contribution in [-0.4, -0.2) is 37.1 Å². The molecule has 24 heavy (non-hydrogen) atoms. The molecule has 0 unspecified atom stereocenters. The molecule has 124 valence electrons. The Morgan fingerprint density at radius 2 is 1.54 bits per heavy atom. The van der Waals surface area contributed by atoms with Gasteiger partial charge in [0, 0.05) is 5.56 Å². The number of hydrogen-bond acceptors (Lipinski definition) is 7. The molecule has 0 aliphatic carbocycles. The summed E-state index contributed by atoms with van der Waals surface area (Å²) in [5, 5.41) is 15.6. The number of carbonyl (C=O) groups is 1. The van der Waals surface area contributed by atoms with E-state index in [1.807, 2.05) is 0 Å². The molecule has 0 bridgehead atoms. The van der Waals surface area contributed by atoms with Gasteiger partial charge in [-0.05, 0) is 48.5 Å². The van der Waals surface area contributed by atoms with E-state index in [9.17, 15) is 4.79 Å². The number of oxime groups is 1. The van der Waals surface area contributed by atoms with E-state index >= 15 is 0 Å². The van der Waals surface area contributed by atoms with Crippen molar-refractivity contribution in [1.82, 2.24) is 0 Å². The summed E-state index contributed by atoms with van der Waals surface area (Å²) in [6.07, 6.45) is 0.975. The smallest absolute Gasteiger partial charge is 0.214 e. The number of carbonyl (C=O) groups excluding carboxylic acids is 1. The van der Waals surface area contributed by atoms with Crippen molar-refractivity contribution in [3.8, 4) is 11.5 Å². The van der Waals surface area contributed by atoms with E-state index in [4.69, 9.17) is 14.7 Å². The molecule has 0 heterocycles. The van der Waals surface area contributed by atoms with Gasteiger partial charge in [0.25, 0.3) is 0 Å². The molecule has 0 amide bonds. The first kappa shape index (κ1) is 17.0. The zero-order chi connectivity index (χ0) is 17.4. The van der Waals surface area contributed by atoms with Crippen LogP contribution in [0.4, 0.5) is 5.69 Å². The zero-order valence-corrected chi connectivity index (χ0v) is 13.3. The maximum atomic E-state index is 12.4. The molecule has 0 aliphatic rings. The first-order valence-electron chi connectivity index (χ1n) is 7.02. The van der Waals surface area contributed by atoms with Gasteiger partial charge in [0.05, 0.1) is 26.1 Å². The topological polar surface area (TPSA) is 92.5 Å². The Kier molecular flexibility index (Phi) is 5.90. The summed E-state index contributed by atoms with van der Waals surface area (Å²) in [5.41, 5.74) is 3.74. The third-order valence-corrected chi connectivity index (χ3v) is 3.16. The molecule has 0 radical (unpaired) electrons. The maximum absolute atomic E-state index is 12.4. The molecule has 2 rings (SSSR count). The van der Waals surface area contributed by atoms with Crippen molar-refractivity contribution in [3.05, 3.63) is 54.1 Å². The van der Waals surface area contributed by atoms with Crippen LogP contribution in [0.5, 0.6) is 11.5 Å². The second-order valence-electron chi connectivity index (χ2n) is 4.64. The summed E-state index contributed by atoms with van der Waals surface area (Å²) in [6, 6.07) is 13.5. The van der Waals surface area contributed by atoms with E-state index in [1.165, 1.54) is 0 Å². The van der Waals surface area contributed by atoms with Crippen molar-refractivity contribution in [1.29, 1.82) is 0 Å². The molecule has 0 saturated carbocycles. The lowest BCUT2D eigenvalue weighted by molar-refractivity contribution is 0.106. The molecule has 0 spiro atoms. The number of ketones is 1. The summed E-state index contributed by atoms with van der Waals surface area (Å²) in [6.45, 7) is 0. The molecule has 2 N–H and O–H groups in total. The quantitative estimate of drug-likeness (QED) is 0.353. The number of nitrogens with one attached hydrogen (secondary N) is 1. The van der Waals surface area contributed by atoms with E-state index in [1.54, 1.807) is 62.8 Å². The van der Waals surface area contributed by atoms with Crippen molar-refractivity contribution in [3.63, 3.8) is 0 Å². The minimum Gasteiger partial charge on any atom is -0.497 e. The van der Waals surface area contributed by atoms with Gasteiger partial charge < -0.3 is 14.7 Å². The molecular formula is C17H17N3O4. The number of rotatable bonds is 7. The number of benzene rings is 2. The minimum atomic E-state index is -0.392.